The summed E-state index contributed by atoms with van der Waals surface area (Å²) in [6.45, 7) is 6.04. The zero-order valence-corrected chi connectivity index (χ0v) is 22.5. The van der Waals surface area contributed by atoms with Gasteiger partial charge in [0.25, 0.3) is 5.91 Å². The summed E-state index contributed by atoms with van der Waals surface area (Å²) in [4.78, 5) is 29.9. The van der Waals surface area contributed by atoms with E-state index in [1.807, 2.05) is 54.4 Å². The first kappa shape index (κ1) is 24.7. The van der Waals surface area contributed by atoms with Crippen LogP contribution in [0.4, 0.5) is 17.2 Å². The van der Waals surface area contributed by atoms with Crippen LogP contribution in [0.3, 0.4) is 0 Å². The van der Waals surface area contributed by atoms with Crippen LogP contribution >= 0.6 is 0 Å². The van der Waals surface area contributed by atoms with Gasteiger partial charge in [-0.2, -0.15) is 5.10 Å². The Morgan fingerprint density at radius 1 is 1.10 bits per heavy atom. The SMILES string of the molecule is CC#CC(=O)N1CCN2C[C@@H]1COc1cc3ncnc(Nc4ccc(Oc5ccn6ncnc6c5)c(C)c4)c3cc12. The highest BCUT2D eigenvalue weighted by Crippen LogP contribution is 2.39. The summed E-state index contributed by atoms with van der Waals surface area (Å²) >= 11 is 0. The van der Waals surface area contributed by atoms with E-state index in [2.05, 4.69) is 48.2 Å². The van der Waals surface area contributed by atoms with Crippen molar-refractivity contribution in [3.8, 4) is 29.1 Å². The van der Waals surface area contributed by atoms with E-state index in [0.29, 0.717) is 43.5 Å². The molecule has 11 heteroatoms. The van der Waals surface area contributed by atoms with E-state index < -0.39 is 0 Å². The lowest BCUT2D eigenvalue weighted by atomic mass is 10.1. The monoisotopic (exact) mass is 546 g/mol. The van der Waals surface area contributed by atoms with E-state index in [4.69, 9.17) is 9.47 Å². The molecule has 2 bridgehead atoms. The number of benzene rings is 2. The van der Waals surface area contributed by atoms with Gasteiger partial charge in [-0.3, -0.25) is 4.79 Å². The molecule has 0 unspecified atom stereocenters. The van der Waals surface area contributed by atoms with Crippen LogP contribution in [0.25, 0.3) is 16.6 Å². The molecule has 1 amide bonds. The number of nitrogens with one attached hydrogen (secondary N) is 1. The minimum absolute atomic E-state index is 0.0710. The lowest BCUT2D eigenvalue weighted by Crippen LogP contribution is -2.56. The van der Waals surface area contributed by atoms with E-state index in [1.54, 1.807) is 17.8 Å². The number of rotatable bonds is 4. The van der Waals surface area contributed by atoms with Crippen LogP contribution in [-0.4, -0.2) is 67.7 Å². The van der Waals surface area contributed by atoms with Gasteiger partial charge < -0.3 is 24.6 Å². The Kier molecular flexibility index (Phi) is 6.00. The van der Waals surface area contributed by atoms with Gasteiger partial charge in [-0.05, 0) is 55.7 Å². The number of amides is 1. The molecule has 1 fully saturated rings. The van der Waals surface area contributed by atoms with Crippen LogP contribution in [-0.2, 0) is 4.79 Å². The van der Waals surface area contributed by atoms with Crippen molar-refractivity contribution in [2.45, 2.75) is 19.9 Å². The van der Waals surface area contributed by atoms with Crippen molar-refractivity contribution >= 4 is 39.6 Å². The molecule has 0 spiro atoms. The summed E-state index contributed by atoms with van der Waals surface area (Å²) in [5.41, 5.74) is 4.29. The van der Waals surface area contributed by atoms with Crippen molar-refractivity contribution in [3.05, 3.63) is 66.9 Å². The van der Waals surface area contributed by atoms with E-state index in [0.717, 1.165) is 39.3 Å². The summed E-state index contributed by atoms with van der Waals surface area (Å²) in [5.74, 6) is 8.09. The number of fused-ring (bicyclic) bond motifs is 6. The molecule has 3 aromatic heterocycles. The number of carbonyl (C=O) groups excluding carboxylic acids is 1. The molecule has 2 aliphatic heterocycles. The van der Waals surface area contributed by atoms with Crippen molar-refractivity contribution in [3.63, 3.8) is 0 Å². The lowest BCUT2D eigenvalue weighted by Gasteiger charge is -2.39. The summed E-state index contributed by atoms with van der Waals surface area (Å²) < 4.78 is 14.0. The quantitative estimate of drug-likeness (QED) is 0.335. The molecule has 7 rings (SSSR count). The molecule has 0 radical (unpaired) electrons. The van der Waals surface area contributed by atoms with E-state index in [9.17, 15) is 4.79 Å². The third-order valence-corrected chi connectivity index (χ3v) is 7.38. The topological polar surface area (TPSA) is 110 Å². The average Bonchev–Trinajstić information content (AvgIpc) is 3.40. The molecule has 11 nitrogen and oxygen atoms in total. The van der Waals surface area contributed by atoms with Crippen molar-refractivity contribution in [2.24, 2.45) is 0 Å². The van der Waals surface area contributed by atoms with Crippen molar-refractivity contribution in [1.29, 1.82) is 0 Å². The summed E-state index contributed by atoms with van der Waals surface area (Å²) in [7, 11) is 0. The van der Waals surface area contributed by atoms with Crippen molar-refractivity contribution in [2.75, 3.05) is 36.5 Å². The number of aromatic nitrogens is 5. The third-order valence-electron chi connectivity index (χ3n) is 7.38. The number of ether oxygens (including phenoxy) is 2. The highest BCUT2D eigenvalue weighted by atomic mass is 16.5. The minimum atomic E-state index is -0.155. The molecule has 1 saturated heterocycles. The zero-order valence-electron chi connectivity index (χ0n) is 22.5. The maximum atomic E-state index is 12.5. The number of anilines is 3. The second-order valence-corrected chi connectivity index (χ2v) is 9.98. The molecule has 2 aliphatic rings. The van der Waals surface area contributed by atoms with Gasteiger partial charge in [0, 0.05) is 49.0 Å². The van der Waals surface area contributed by atoms with Crippen LogP contribution in [0.5, 0.6) is 17.2 Å². The predicted molar refractivity (Wildman–Crippen MR) is 154 cm³/mol. The van der Waals surface area contributed by atoms with Crippen LogP contribution in [0.1, 0.15) is 12.5 Å². The Morgan fingerprint density at radius 2 is 2.02 bits per heavy atom. The number of piperazine rings is 1. The van der Waals surface area contributed by atoms with E-state index >= 15 is 0 Å². The fourth-order valence-electron chi connectivity index (χ4n) is 5.35. The maximum Gasteiger partial charge on any atom is 0.298 e. The molecule has 41 heavy (non-hydrogen) atoms. The number of carbonyl (C=O) groups is 1. The number of hydrogen-bond donors (Lipinski definition) is 1. The second kappa shape index (κ2) is 9.98. The lowest BCUT2D eigenvalue weighted by molar-refractivity contribution is -0.128. The summed E-state index contributed by atoms with van der Waals surface area (Å²) in [6, 6.07) is 13.6. The summed E-state index contributed by atoms with van der Waals surface area (Å²) in [6.07, 6.45) is 4.87. The van der Waals surface area contributed by atoms with Gasteiger partial charge >= 0.3 is 0 Å². The minimum Gasteiger partial charge on any atom is -0.489 e. The van der Waals surface area contributed by atoms with Crippen molar-refractivity contribution in [1.82, 2.24) is 29.5 Å². The molecule has 204 valence electrons. The first-order valence-corrected chi connectivity index (χ1v) is 13.3. The van der Waals surface area contributed by atoms with Crippen LogP contribution in [0, 0.1) is 18.8 Å². The van der Waals surface area contributed by atoms with Crippen LogP contribution in [0.2, 0.25) is 0 Å². The normalized spacial score (nSPS) is 15.9. The molecule has 5 aromatic rings. The van der Waals surface area contributed by atoms with E-state index in [-0.39, 0.29) is 11.9 Å². The molecule has 0 aliphatic carbocycles. The first-order chi connectivity index (χ1) is 20.1. The van der Waals surface area contributed by atoms with Gasteiger partial charge in [-0.15, -0.1) is 0 Å². The molecule has 5 heterocycles. The van der Waals surface area contributed by atoms with Crippen LogP contribution in [0.15, 0.2) is 61.3 Å². The van der Waals surface area contributed by atoms with Gasteiger partial charge in [-0.25, -0.2) is 19.5 Å². The standard InChI is InChI=1S/C30H26N8O3/c1-3-4-29(39)37-10-9-36-15-21(37)16-40-27-14-24-23(13-25(27)36)30(33-17-31-24)35-20-5-6-26(19(2)11-20)41-22-7-8-38-28(12-22)32-18-34-38/h5-8,11-14,17-18,21H,9-10,15-16H2,1-2H3,(H,31,33,35)/t21-/m1/s1. The first-order valence-electron chi connectivity index (χ1n) is 13.3. The molecular weight excluding hydrogens is 520 g/mol. The van der Waals surface area contributed by atoms with Gasteiger partial charge in [0.2, 0.25) is 0 Å². The maximum absolute atomic E-state index is 12.5. The Hall–Kier alpha value is -5.37. The van der Waals surface area contributed by atoms with Crippen LogP contribution < -0.4 is 19.7 Å². The average molecular weight is 547 g/mol. The van der Waals surface area contributed by atoms with Crippen molar-refractivity contribution < 1.29 is 14.3 Å². The van der Waals surface area contributed by atoms with Gasteiger partial charge in [0.15, 0.2) is 5.65 Å². The molecule has 2 aromatic carbocycles. The number of nitrogens with zero attached hydrogens (tertiary/aromatic N) is 7. The fourth-order valence-corrected chi connectivity index (χ4v) is 5.35. The Morgan fingerprint density at radius 3 is 2.90 bits per heavy atom. The number of hydrogen-bond acceptors (Lipinski definition) is 9. The van der Waals surface area contributed by atoms with Gasteiger partial charge in [0.1, 0.15) is 42.3 Å². The highest BCUT2D eigenvalue weighted by molar-refractivity contribution is 5.96. The van der Waals surface area contributed by atoms with Gasteiger partial charge in [0.05, 0.1) is 17.2 Å². The molecule has 1 atom stereocenters. The smallest absolute Gasteiger partial charge is 0.298 e. The Labute approximate surface area is 235 Å². The summed E-state index contributed by atoms with van der Waals surface area (Å²) in [5, 5.41) is 8.46. The number of aryl methyl sites for hydroxylation is 1. The largest absolute Gasteiger partial charge is 0.489 e. The third kappa shape index (κ3) is 4.59. The van der Waals surface area contributed by atoms with E-state index in [1.165, 1.54) is 6.33 Å². The molecular formula is C30H26N8O3. The molecule has 1 N–H and O–H groups in total. The Bertz CT molecular complexity index is 1870. The van der Waals surface area contributed by atoms with Gasteiger partial charge in [-0.1, -0.05) is 5.92 Å². The second-order valence-electron chi connectivity index (χ2n) is 9.98. The Balaban J connectivity index is 1.14. The fraction of sp³-hybridized carbons (Fsp3) is 0.233. The number of pyridine rings is 1. The molecule has 0 saturated carbocycles. The predicted octanol–water partition coefficient (Wildman–Crippen LogP) is 3.95. The highest BCUT2D eigenvalue weighted by Gasteiger charge is 2.34. The zero-order chi connectivity index (χ0) is 27.9.